The quantitative estimate of drug-likeness (QED) is 0.517. The van der Waals surface area contributed by atoms with E-state index >= 15 is 0 Å². The lowest BCUT2D eigenvalue weighted by Gasteiger charge is -2.20. The molecule has 4 rings (SSSR count). The number of aromatic amines is 1. The molecule has 3 N–H and O–H groups in total. The molecular formula is C24H28N3O2+. The van der Waals surface area contributed by atoms with Crippen LogP contribution in [-0.4, -0.2) is 9.97 Å². The summed E-state index contributed by atoms with van der Waals surface area (Å²) >= 11 is 0. The highest BCUT2D eigenvalue weighted by atomic mass is 16.3. The van der Waals surface area contributed by atoms with Crippen LogP contribution in [0.5, 0.6) is 0 Å². The minimum Gasteiger partial charge on any atom is -0.449 e. The number of aromatic nitrogens is 2. The third kappa shape index (κ3) is 3.83. The first kappa shape index (κ1) is 19.4. The van der Waals surface area contributed by atoms with Crippen LogP contribution < -0.4 is 10.9 Å². The van der Waals surface area contributed by atoms with Crippen molar-refractivity contribution < 1.29 is 9.73 Å². The maximum Gasteiger partial charge on any atom is 0.294 e. The van der Waals surface area contributed by atoms with Crippen molar-refractivity contribution in [3.05, 3.63) is 75.8 Å². The van der Waals surface area contributed by atoms with Gasteiger partial charge in [0.25, 0.3) is 5.56 Å². The molecule has 2 aromatic carbocycles. The van der Waals surface area contributed by atoms with E-state index in [1.54, 1.807) is 0 Å². The first-order valence-electron chi connectivity index (χ1n) is 10.3. The molecule has 0 spiro atoms. The number of nitrogens with one attached hydrogen (secondary N) is 1. The number of para-hydroxylation sites is 1. The average molecular weight is 391 g/mol. The van der Waals surface area contributed by atoms with Gasteiger partial charge in [-0.2, -0.15) is 0 Å². The topological polar surface area (TPSA) is 75.5 Å². The Hall–Kier alpha value is -2.92. The van der Waals surface area contributed by atoms with Crippen LogP contribution in [0.1, 0.15) is 56.6 Å². The maximum atomic E-state index is 12.5. The molecule has 0 aliphatic carbocycles. The van der Waals surface area contributed by atoms with Gasteiger partial charge in [-0.05, 0) is 23.6 Å². The van der Waals surface area contributed by atoms with Crippen LogP contribution in [0.25, 0.3) is 22.1 Å². The molecule has 150 valence electrons. The molecule has 0 aliphatic heterocycles. The van der Waals surface area contributed by atoms with Gasteiger partial charge in [-0.15, -0.1) is 0 Å². The van der Waals surface area contributed by atoms with Crippen LogP contribution in [0.2, 0.25) is 0 Å². The molecular weight excluding hydrogens is 362 g/mol. The zero-order valence-electron chi connectivity index (χ0n) is 17.4. The maximum absolute atomic E-state index is 12.5. The third-order valence-corrected chi connectivity index (χ3v) is 5.55. The van der Waals surface area contributed by atoms with E-state index in [-0.39, 0.29) is 5.56 Å². The van der Waals surface area contributed by atoms with Crippen LogP contribution in [0, 0.1) is 5.92 Å². The van der Waals surface area contributed by atoms with Crippen molar-refractivity contribution in [3.8, 4) is 0 Å². The highest BCUT2D eigenvalue weighted by Crippen LogP contribution is 2.24. The highest BCUT2D eigenvalue weighted by Gasteiger charge is 2.21. The second kappa shape index (κ2) is 7.84. The average Bonchev–Trinajstić information content (AvgIpc) is 3.08. The van der Waals surface area contributed by atoms with Crippen molar-refractivity contribution in [1.29, 1.82) is 0 Å². The number of nitrogens with zero attached hydrogens (tertiary/aromatic N) is 1. The largest absolute Gasteiger partial charge is 0.449 e. The summed E-state index contributed by atoms with van der Waals surface area (Å²) < 4.78 is 5.69. The number of hydrogen-bond donors (Lipinski definition) is 2. The number of benzene rings is 2. The van der Waals surface area contributed by atoms with Crippen LogP contribution >= 0.6 is 0 Å². The monoisotopic (exact) mass is 390 g/mol. The van der Waals surface area contributed by atoms with E-state index in [1.807, 2.05) is 24.3 Å². The highest BCUT2D eigenvalue weighted by molar-refractivity contribution is 6.01. The fraction of sp³-hybridized carbons (Fsp3) is 0.333. The van der Waals surface area contributed by atoms with Crippen molar-refractivity contribution >= 4 is 22.1 Å². The number of quaternary nitrogens is 1. The molecule has 0 unspecified atom stereocenters. The van der Waals surface area contributed by atoms with Gasteiger partial charge in [0.15, 0.2) is 5.82 Å². The summed E-state index contributed by atoms with van der Waals surface area (Å²) in [7, 11) is 0. The van der Waals surface area contributed by atoms with Gasteiger partial charge < -0.3 is 14.7 Å². The van der Waals surface area contributed by atoms with Crippen molar-refractivity contribution in [2.75, 3.05) is 0 Å². The molecule has 0 amide bonds. The lowest BCUT2D eigenvalue weighted by Crippen LogP contribution is -2.85. The van der Waals surface area contributed by atoms with Gasteiger partial charge in [0.1, 0.15) is 23.7 Å². The molecule has 2 heterocycles. The molecule has 2 aromatic heterocycles. The molecule has 29 heavy (non-hydrogen) atoms. The second-order valence-electron chi connectivity index (χ2n) is 8.32. The van der Waals surface area contributed by atoms with E-state index in [0.29, 0.717) is 46.9 Å². The summed E-state index contributed by atoms with van der Waals surface area (Å²) in [6.07, 6.45) is 0. The van der Waals surface area contributed by atoms with Gasteiger partial charge in [-0.1, -0.05) is 64.1 Å². The van der Waals surface area contributed by atoms with Gasteiger partial charge in [0.05, 0.1) is 0 Å². The summed E-state index contributed by atoms with van der Waals surface area (Å²) in [6, 6.07) is 16.8. The van der Waals surface area contributed by atoms with E-state index in [1.165, 1.54) is 11.1 Å². The first-order chi connectivity index (χ1) is 13.9. The van der Waals surface area contributed by atoms with Crippen molar-refractivity contribution in [2.45, 2.75) is 46.2 Å². The van der Waals surface area contributed by atoms with Gasteiger partial charge >= 0.3 is 0 Å². The minimum absolute atomic E-state index is 0.225. The molecule has 1 atom stereocenters. The fourth-order valence-corrected chi connectivity index (χ4v) is 3.88. The number of nitrogens with two attached hydrogens (primary N) is 1. The Morgan fingerprint density at radius 1 is 1.00 bits per heavy atom. The van der Waals surface area contributed by atoms with Crippen molar-refractivity contribution in [3.63, 3.8) is 0 Å². The predicted molar refractivity (Wildman–Crippen MR) is 116 cm³/mol. The van der Waals surface area contributed by atoms with Gasteiger partial charge in [0, 0.05) is 16.9 Å². The van der Waals surface area contributed by atoms with Crippen molar-refractivity contribution in [1.82, 2.24) is 9.97 Å². The summed E-state index contributed by atoms with van der Waals surface area (Å²) in [5, 5.41) is 3.13. The van der Waals surface area contributed by atoms with E-state index in [9.17, 15) is 4.79 Å². The zero-order chi connectivity index (χ0) is 20.5. The first-order valence-corrected chi connectivity index (χ1v) is 10.3. The normalized spacial score (nSPS) is 13.0. The molecule has 4 aromatic rings. The molecule has 0 radical (unpaired) electrons. The lowest BCUT2D eigenvalue weighted by molar-refractivity contribution is -0.718. The summed E-state index contributed by atoms with van der Waals surface area (Å²) in [4.78, 5) is 20.1. The Labute approximate surface area is 170 Å². The standard InChI is InChI=1S/C24H27N3O2/c1-14(2)16-9-11-17(12-10-16)21(15(3)4)25-13-20-26-22-18-7-5-6-8-19(18)29-23(22)24(28)27-20/h5-12,14-15,21,25H,13H2,1-4H3,(H,26,27,28)/p+1/t21-/m0/s1. The Morgan fingerprint density at radius 2 is 1.69 bits per heavy atom. The minimum atomic E-state index is -0.225. The Morgan fingerprint density at radius 3 is 2.38 bits per heavy atom. The van der Waals surface area contributed by atoms with Crippen LogP contribution in [0.15, 0.2) is 57.7 Å². The molecule has 5 nitrogen and oxygen atoms in total. The Bertz CT molecular complexity index is 1190. The van der Waals surface area contributed by atoms with Gasteiger partial charge in [-0.25, -0.2) is 4.98 Å². The number of rotatable bonds is 6. The molecule has 0 bridgehead atoms. The number of hydrogen-bond acceptors (Lipinski definition) is 3. The number of furan rings is 1. The second-order valence-corrected chi connectivity index (χ2v) is 8.32. The SMILES string of the molecule is CC(C)c1ccc([C@@H]([NH2+]Cc2nc3c(oc4ccccc43)c(=O)[nH]2)C(C)C)cc1. The molecule has 0 saturated heterocycles. The molecule has 0 saturated carbocycles. The number of fused-ring (bicyclic) bond motifs is 3. The summed E-state index contributed by atoms with van der Waals surface area (Å²) in [5.74, 6) is 1.64. The number of H-pyrrole nitrogens is 1. The summed E-state index contributed by atoms with van der Waals surface area (Å²) in [6.45, 7) is 9.46. The smallest absolute Gasteiger partial charge is 0.294 e. The molecule has 0 aliphatic rings. The Kier molecular flexibility index (Phi) is 5.24. The lowest BCUT2D eigenvalue weighted by atomic mass is 9.93. The molecule has 0 fully saturated rings. The molecule has 5 heteroatoms. The summed E-state index contributed by atoms with van der Waals surface area (Å²) in [5.41, 5.74) is 4.03. The van der Waals surface area contributed by atoms with E-state index < -0.39 is 0 Å². The predicted octanol–water partition coefficient (Wildman–Crippen LogP) is 4.25. The van der Waals surface area contributed by atoms with Gasteiger partial charge in [-0.3, -0.25) is 4.79 Å². The Balaban J connectivity index is 1.61. The van der Waals surface area contributed by atoms with E-state index in [2.05, 4.69) is 62.3 Å². The van der Waals surface area contributed by atoms with Gasteiger partial charge in [0.2, 0.25) is 5.58 Å². The third-order valence-electron chi connectivity index (χ3n) is 5.55. The van der Waals surface area contributed by atoms with Crippen LogP contribution in [0.3, 0.4) is 0 Å². The van der Waals surface area contributed by atoms with E-state index in [4.69, 9.17) is 9.40 Å². The fourth-order valence-electron chi connectivity index (χ4n) is 3.88. The van der Waals surface area contributed by atoms with Crippen LogP contribution in [-0.2, 0) is 6.54 Å². The van der Waals surface area contributed by atoms with Crippen molar-refractivity contribution in [2.24, 2.45) is 5.92 Å². The van der Waals surface area contributed by atoms with Crippen LogP contribution in [0.4, 0.5) is 0 Å². The van der Waals surface area contributed by atoms with E-state index in [0.717, 1.165) is 5.39 Å². The zero-order valence-corrected chi connectivity index (χ0v) is 17.4.